The van der Waals surface area contributed by atoms with Crippen LogP contribution in [0.1, 0.15) is 75.7 Å². The van der Waals surface area contributed by atoms with Crippen molar-refractivity contribution in [1.82, 2.24) is 15.1 Å². The maximum absolute atomic E-state index is 12.2. The van der Waals surface area contributed by atoms with Crippen LogP contribution in [0, 0.1) is 5.92 Å². The van der Waals surface area contributed by atoms with Crippen LogP contribution in [0.3, 0.4) is 0 Å². The molecule has 2 aromatic heterocycles. The number of anilines is 1. The number of nitrogens with zero attached hydrogens (tertiary/aromatic N) is 3. The van der Waals surface area contributed by atoms with E-state index in [-0.39, 0.29) is 11.3 Å². The van der Waals surface area contributed by atoms with Gasteiger partial charge in [-0.1, -0.05) is 45.7 Å². The minimum atomic E-state index is -0.153. The summed E-state index contributed by atoms with van der Waals surface area (Å²) < 4.78 is 5.24. The monoisotopic (exact) mass is 376 g/mol. The third-order valence-corrected chi connectivity index (χ3v) is 5.73. The Morgan fingerprint density at radius 1 is 1.35 bits per heavy atom. The van der Waals surface area contributed by atoms with E-state index in [1.807, 2.05) is 20.8 Å². The molecule has 3 rings (SSSR count). The van der Waals surface area contributed by atoms with Crippen LogP contribution in [0.25, 0.3) is 0 Å². The molecule has 0 saturated carbocycles. The second-order valence-electron chi connectivity index (χ2n) is 8.10. The summed E-state index contributed by atoms with van der Waals surface area (Å²) in [4.78, 5) is 22.6. The van der Waals surface area contributed by atoms with Gasteiger partial charge in [0.2, 0.25) is 11.8 Å². The average Bonchev–Trinajstić information content (AvgIpc) is 3.18. The minimum absolute atomic E-state index is 0.0586. The van der Waals surface area contributed by atoms with Crippen molar-refractivity contribution >= 4 is 22.4 Å². The average molecular weight is 377 g/mol. The molecule has 2 aromatic rings. The molecule has 1 unspecified atom stereocenters. The smallest absolute Gasteiger partial charge is 0.227 e. The van der Waals surface area contributed by atoms with Gasteiger partial charge in [-0.15, -0.1) is 11.3 Å². The number of thiazole rings is 1. The molecule has 1 aliphatic carbocycles. The van der Waals surface area contributed by atoms with Crippen molar-refractivity contribution in [2.24, 2.45) is 5.92 Å². The van der Waals surface area contributed by atoms with E-state index in [9.17, 15) is 4.79 Å². The summed E-state index contributed by atoms with van der Waals surface area (Å²) in [6, 6.07) is 0. The highest BCUT2D eigenvalue weighted by Gasteiger charge is 2.23. The van der Waals surface area contributed by atoms with Crippen LogP contribution in [0.5, 0.6) is 0 Å². The molecule has 6 nitrogen and oxygen atoms in total. The van der Waals surface area contributed by atoms with Gasteiger partial charge in [-0.2, -0.15) is 4.98 Å². The lowest BCUT2D eigenvalue weighted by molar-refractivity contribution is -0.116. The van der Waals surface area contributed by atoms with Crippen molar-refractivity contribution in [2.75, 3.05) is 5.32 Å². The van der Waals surface area contributed by atoms with E-state index in [1.165, 1.54) is 29.8 Å². The second-order valence-corrected chi connectivity index (χ2v) is 9.18. The lowest BCUT2D eigenvalue weighted by Crippen LogP contribution is -2.14. The van der Waals surface area contributed by atoms with Gasteiger partial charge in [0.15, 0.2) is 11.0 Å². The summed E-state index contributed by atoms with van der Waals surface area (Å²) in [5.74, 6) is 1.89. The normalized spacial score (nSPS) is 17.2. The molecule has 0 radical (unpaired) electrons. The Morgan fingerprint density at radius 2 is 2.15 bits per heavy atom. The van der Waals surface area contributed by atoms with E-state index in [0.717, 1.165) is 23.9 Å². The van der Waals surface area contributed by atoms with E-state index < -0.39 is 0 Å². The van der Waals surface area contributed by atoms with Crippen molar-refractivity contribution < 1.29 is 9.32 Å². The number of carbonyl (C=O) groups is 1. The molecule has 1 aliphatic rings. The van der Waals surface area contributed by atoms with Gasteiger partial charge in [0.25, 0.3) is 0 Å². The fraction of sp³-hybridized carbons (Fsp3) is 0.684. The third kappa shape index (κ3) is 4.69. The first-order chi connectivity index (χ1) is 12.3. The Hall–Kier alpha value is -1.76. The Bertz CT molecular complexity index is 760. The van der Waals surface area contributed by atoms with E-state index >= 15 is 0 Å². The number of aryl methyl sites for hydroxylation is 2. The van der Waals surface area contributed by atoms with Crippen LogP contribution in [-0.4, -0.2) is 21.0 Å². The van der Waals surface area contributed by atoms with E-state index in [2.05, 4.69) is 27.4 Å². The largest absolute Gasteiger partial charge is 0.339 e. The zero-order chi connectivity index (χ0) is 18.7. The summed E-state index contributed by atoms with van der Waals surface area (Å²) in [6.45, 7) is 8.33. The molecule has 1 amide bonds. The first-order valence-electron chi connectivity index (χ1n) is 9.46. The number of carbonyl (C=O) groups excluding carboxylic acids is 1. The number of rotatable bonds is 6. The van der Waals surface area contributed by atoms with Gasteiger partial charge in [0.1, 0.15) is 0 Å². The van der Waals surface area contributed by atoms with E-state index in [0.29, 0.717) is 24.6 Å². The molecule has 1 N–H and O–H groups in total. The molecule has 26 heavy (non-hydrogen) atoms. The minimum Gasteiger partial charge on any atom is -0.339 e. The predicted octanol–water partition coefficient (Wildman–Crippen LogP) is 4.30. The number of aromatic nitrogens is 3. The molecule has 1 atom stereocenters. The molecular weight excluding hydrogens is 348 g/mol. The lowest BCUT2D eigenvalue weighted by Gasteiger charge is -2.19. The fourth-order valence-corrected chi connectivity index (χ4v) is 4.35. The lowest BCUT2D eigenvalue weighted by atomic mass is 9.88. The third-order valence-electron chi connectivity index (χ3n) is 4.69. The molecule has 0 bridgehead atoms. The van der Waals surface area contributed by atoms with Crippen LogP contribution in [0.2, 0.25) is 0 Å². The molecule has 0 aliphatic heterocycles. The molecule has 0 fully saturated rings. The zero-order valence-corrected chi connectivity index (χ0v) is 16.9. The van der Waals surface area contributed by atoms with Crippen LogP contribution >= 0.6 is 11.3 Å². The maximum atomic E-state index is 12.2. The van der Waals surface area contributed by atoms with Crippen molar-refractivity contribution in [3.63, 3.8) is 0 Å². The SMILES string of the molecule is CCCC1CCc2nc(NC(=O)CCc3nc(C(C)(C)C)no3)sc2C1. The number of amides is 1. The van der Waals surface area contributed by atoms with Crippen molar-refractivity contribution in [3.8, 4) is 0 Å². The van der Waals surface area contributed by atoms with Gasteiger partial charge in [-0.3, -0.25) is 4.79 Å². The summed E-state index contributed by atoms with van der Waals surface area (Å²) >= 11 is 1.63. The van der Waals surface area contributed by atoms with Gasteiger partial charge in [-0.05, 0) is 25.2 Å². The summed E-state index contributed by atoms with van der Waals surface area (Å²) in [7, 11) is 0. The Morgan fingerprint density at radius 3 is 2.85 bits per heavy atom. The quantitative estimate of drug-likeness (QED) is 0.813. The van der Waals surface area contributed by atoms with Crippen molar-refractivity contribution in [3.05, 3.63) is 22.3 Å². The number of fused-ring (bicyclic) bond motifs is 1. The standard InChI is InChI=1S/C19H28N4O2S/c1-5-6-12-7-8-13-14(11-12)26-18(20-13)21-15(24)9-10-16-22-17(23-25-16)19(2,3)4/h12H,5-11H2,1-4H3,(H,20,21,24). The van der Waals surface area contributed by atoms with Crippen LogP contribution in [0.4, 0.5) is 5.13 Å². The van der Waals surface area contributed by atoms with Gasteiger partial charge in [0.05, 0.1) is 5.69 Å². The maximum Gasteiger partial charge on any atom is 0.227 e. The molecular formula is C19H28N4O2S. The molecule has 0 aromatic carbocycles. The zero-order valence-electron chi connectivity index (χ0n) is 16.1. The Balaban J connectivity index is 1.52. The fourth-order valence-electron chi connectivity index (χ4n) is 3.21. The molecule has 0 saturated heterocycles. The van der Waals surface area contributed by atoms with Crippen LogP contribution in [-0.2, 0) is 29.5 Å². The first-order valence-corrected chi connectivity index (χ1v) is 10.3. The van der Waals surface area contributed by atoms with Gasteiger partial charge in [0, 0.05) is 23.1 Å². The van der Waals surface area contributed by atoms with Gasteiger partial charge >= 0.3 is 0 Å². The van der Waals surface area contributed by atoms with Crippen molar-refractivity contribution in [1.29, 1.82) is 0 Å². The van der Waals surface area contributed by atoms with Crippen LogP contribution < -0.4 is 5.32 Å². The van der Waals surface area contributed by atoms with E-state index in [1.54, 1.807) is 11.3 Å². The van der Waals surface area contributed by atoms with Crippen LogP contribution in [0.15, 0.2) is 4.52 Å². The molecule has 142 valence electrons. The molecule has 0 spiro atoms. The summed E-state index contributed by atoms with van der Waals surface area (Å²) in [6.07, 6.45) is 6.62. The number of hydrogen-bond donors (Lipinski definition) is 1. The highest BCUT2D eigenvalue weighted by molar-refractivity contribution is 7.15. The van der Waals surface area contributed by atoms with E-state index in [4.69, 9.17) is 4.52 Å². The summed E-state index contributed by atoms with van der Waals surface area (Å²) in [5, 5.41) is 7.64. The van der Waals surface area contributed by atoms with Gasteiger partial charge < -0.3 is 9.84 Å². The molecule has 7 heteroatoms. The number of hydrogen-bond acceptors (Lipinski definition) is 6. The molecule has 2 heterocycles. The topological polar surface area (TPSA) is 80.9 Å². The first kappa shape index (κ1) is 19.0. The Kier molecular flexibility index (Phi) is 5.75. The predicted molar refractivity (Wildman–Crippen MR) is 102 cm³/mol. The second kappa shape index (κ2) is 7.86. The van der Waals surface area contributed by atoms with Crippen molar-refractivity contribution in [2.45, 2.75) is 78.1 Å². The Labute approximate surface area is 158 Å². The highest BCUT2D eigenvalue weighted by Crippen LogP contribution is 2.34. The number of nitrogens with one attached hydrogen (secondary N) is 1. The highest BCUT2D eigenvalue weighted by atomic mass is 32.1. The summed E-state index contributed by atoms with van der Waals surface area (Å²) in [5.41, 5.74) is 1.02. The van der Waals surface area contributed by atoms with Gasteiger partial charge in [-0.25, -0.2) is 4.98 Å².